The summed E-state index contributed by atoms with van der Waals surface area (Å²) in [6.45, 7) is 9.90. The molecule has 1 fully saturated rings. The Kier molecular flexibility index (Phi) is 5.62. The van der Waals surface area contributed by atoms with Crippen molar-refractivity contribution < 1.29 is 4.74 Å². The number of rotatable bonds is 4. The van der Waals surface area contributed by atoms with Crippen LogP contribution < -0.4 is 10.1 Å². The van der Waals surface area contributed by atoms with E-state index in [1.807, 2.05) is 0 Å². The molecular formula is C17H26N2O. The number of hydrogen-bond donors (Lipinski definition) is 1. The van der Waals surface area contributed by atoms with Gasteiger partial charge in [-0.15, -0.1) is 0 Å². The van der Waals surface area contributed by atoms with E-state index in [-0.39, 0.29) is 0 Å². The predicted molar refractivity (Wildman–Crippen MR) is 85.4 cm³/mol. The lowest BCUT2D eigenvalue weighted by Crippen LogP contribution is -2.28. The molecule has 1 heterocycles. The van der Waals surface area contributed by atoms with E-state index in [1.54, 1.807) is 7.11 Å². The van der Waals surface area contributed by atoms with Crippen LogP contribution in [-0.4, -0.2) is 44.7 Å². The van der Waals surface area contributed by atoms with Crippen LogP contribution in [0.1, 0.15) is 23.1 Å². The third-order valence-electron chi connectivity index (χ3n) is 4.09. The zero-order valence-corrected chi connectivity index (χ0v) is 12.9. The summed E-state index contributed by atoms with van der Waals surface area (Å²) in [5.41, 5.74) is 3.82. The van der Waals surface area contributed by atoms with Gasteiger partial charge in [-0.2, -0.15) is 0 Å². The van der Waals surface area contributed by atoms with E-state index in [9.17, 15) is 0 Å². The van der Waals surface area contributed by atoms with Gasteiger partial charge in [0.25, 0.3) is 0 Å². The molecule has 1 aromatic carbocycles. The van der Waals surface area contributed by atoms with Gasteiger partial charge < -0.3 is 10.1 Å². The van der Waals surface area contributed by atoms with Crippen LogP contribution in [0, 0.1) is 13.8 Å². The van der Waals surface area contributed by atoms with Gasteiger partial charge in [0.15, 0.2) is 0 Å². The smallest absolute Gasteiger partial charge is 0.122 e. The minimum absolute atomic E-state index is 0.971. The molecule has 1 aliphatic rings. The van der Waals surface area contributed by atoms with Crippen molar-refractivity contribution in [2.75, 3.05) is 39.8 Å². The average Bonchev–Trinajstić information content (AvgIpc) is 2.72. The van der Waals surface area contributed by atoms with Crippen LogP contribution in [0.25, 0.3) is 6.08 Å². The molecule has 2 rings (SSSR count). The minimum Gasteiger partial charge on any atom is -0.496 e. The van der Waals surface area contributed by atoms with Crippen molar-refractivity contribution in [3.8, 4) is 5.75 Å². The molecule has 0 bridgehead atoms. The van der Waals surface area contributed by atoms with Gasteiger partial charge in [-0.05, 0) is 56.1 Å². The topological polar surface area (TPSA) is 24.5 Å². The Morgan fingerprint density at radius 1 is 1.20 bits per heavy atom. The molecule has 0 saturated carbocycles. The number of methoxy groups -OCH3 is 1. The first-order valence-corrected chi connectivity index (χ1v) is 7.46. The largest absolute Gasteiger partial charge is 0.496 e. The molecule has 0 spiro atoms. The first-order valence-electron chi connectivity index (χ1n) is 7.46. The predicted octanol–water partition coefficient (Wildman–Crippen LogP) is 2.62. The molecule has 3 heteroatoms. The van der Waals surface area contributed by atoms with Crippen molar-refractivity contribution in [2.24, 2.45) is 0 Å². The molecule has 0 unspecified atom stereocenters. The minimum atomic E-state index is 0.971. The van der Waals surface area contributed by atoms with Crippen LogP contribution in [0.15, 0.2) is 18.2 Å². The van der Waals surface area contributed by atoms with Crippen LogP contribution in [0.4, 0.5) is 0 Å². The lowest BCUT2D eigenvalue weighted by molar-refractivity contribution is 0.324. The van der Waals surface area contributed by atoms with E-state index in [0.717, 1.165) is 31.9 Å². The van der Waals surface area contributed by atoms with Gasteiger partial charge in [-0.3, -0.25) is 4.90 Å². The number of ether oxygens (including phenoxy) is 1. The summed E-state index contributed by atoms with van der Waals surface area (Å²) >= 11 is 0. The zero-order valence-electron chi connectivity index (χ0n) is 12.9. The summed E-state index contributed by atoms with van der Waals surface area (Å²) in [7, 11) is 1.73. The van der Waals surface area contributed by atoms with E-state index in [2.05, 4.69) is 48.3 Å². The fourth-order valence-corrected chi connectivity index (χ4v) is 2.63. The fourth-order valence-electron chi connectivity index (χ4n) is 2.63. The Labute approximate surface area is 122 Å². The third-order valence-corrected chi connectivity index (χ3v) is 4.09. The SMILES string of the molecule is COc1ccc(/C=C/CN2CCCNCC2)c(C)c1C. The molecule has 1 aromatic rings. The van der Waals surface area contributed by atoms with E-state index in [4.69, 9.17) is 4.74 Å². The lowest BCUT2D eigenvalue weighted by atomic mass is 10.0. The average molecular weight is 274 g/mol. The Morgan fingerprint density at radius 2 is 2.05 bits per heavy atom. The Balaban J connectivity index is 1.98. The number of nitrogens with one attached hydrogen (secondary N) is 1. The Morgan fingerprint density at radius 3 is 2.85 bits per heavy atom. The van der Waals surface area contributed by atoms with E-state index >= 15 is 0 Å². The summed E-state index contributed by atoms with van der Waals surface area (Å²) in [4.78, 5) is 2.50. The number of benzene rings is 1. The monoisotopic (exact) mass is 274 g/mol. The van der Waals surface area contributed by atoms with Gasteiger partial charge in [-0.25, -0.2) is 0 Å². The van der Waals surface area contributed by atoms with Crippen molar-refractivity contribution in [2.45, 2.75) is 20.3 Å². The maximum absolute atomic E-state index is 5.36. The zero-order chi connectivity index (χ0) is 14.4. The highest BCUT2D eigenvalue weighted by molar-refractivity contribution is 5.58. The van der Waals surface area contributed by atoms with Crippen LogP contribution in [-0.2, 0) is 0 Å². The van der Waals surface area contributed by atoms with Gasteiger partial charge in [-0.1, -0.05) is 18.2 Å². The molecule has 110 valence electrons. The summed E-state index contributed by atoms with van der Waals surface area (Å²) < 4.78 is 5.36. The van der Waals surface area contributed by atoms with Crippen molar-refractivity contribution in [1.29, 1.82) is 0 Å². The second-order valence-electron chi connectivity index (χ2n) is 5.41. The summed E-state index contributed by atoms with van der Waals surface area (Å²) in [6.07, 6.45) is 5.76. The normalized spacial score (nSPS) is 17.4. The molecule has 1 N–H and O–H groups in total. The van der Waals surface area contributed by atoms with Crippen molar-refractivity contribution in [3.63, 3.8) is 0 Å². The molecule has 1 saturated heterocycles. The van der Waals surface area contributed by atoms with E-state index in [1.165, 1.54) is 29.7 Å². The van der Waals surface area contributed by atoms with Crippen LogP contribution in [0.2, 0.25) is 0 Å². The highest BCUT2D eigenvalue weighted by Crippen LogP contribution is 2.24. The molecule has 3 nitrogen and oxygen atoms in total. The molecule has 0 amide bonds. The molecule has 0 aromatic heterocycles. The molecule has 0 radical (unpaired) electrons. The van der Waals surface area contributed by atoms with Crippen LogP contribution in [0.3, 0.4) is 0 Å². The molecule has 0 aliphatic carbocycles. The Bertz CT molecular complexity index is 460. The quantitative estimate of drug-likeness (QED) is 0.913. The highest BCUT2D eigenvalue weighted by atomic mass is 16.5. The molecule has 1 aliphatic heterocycles. The van der Waals surface area contributed by atoms with E-state index in [0.29, 0.717) is 0 Å². The molecule has 20 heavy (non-hydrogen) atoms. The van der Waals surface area contributed by atoms with Gasteiger partial charge in [0.2, 0.25) is 0 Å². The lowest BCUT2D eigenvalue weighted by Gasteiger charge is -2.17. The van der Waals surface area contributed by atoms with Gasteiger partial charge in [0, 0.05) is 19.6 Å². The van der Waals surface area contributed by atoms with E-state index < -0.39 is 0 Å². The second kappa shape index (κ2) is 7.46. The fraction of sp³-hybridized carbons (Fsp3) is 0.529. The summed E-state index contributed by atoms with van der Waals surface area (Å²) in [5, 5.41) is 3.43. The van der Waals surface area contributed by atoms with Gasteiger partial charge in [0.05, 0.1) is 7.11 Å². The maximum Gasteiger partial charge on any atom is 0.122 e. The van der Waals surface area contributed by atoms with Crippen molar-refractivity contribution >= 4 is 6.08 Å². The second-order valence-corrected chi connectivity index (χ2v) is 5.41. The number of nitrogens with zero attached hydrogens (tertiary/aromatic N) is 1. The van der Waals surface area contributed by atoms with Crippen molar-refractivity contribution in [3.05, 3.63) is 34.9 Å². The molecule has 0 atom stereocenters. The maximum atomic E-state index is 5.36. The first-order chi connectivity index (χ1) is 9.72. The Hall–Kier alpha value is -1.32. The summed E-state index contributed by atoms with van der Waals surface area (Å²) in [6, 6.07) is 4.19. The van der Waals surface area contributed by atoms with Crippen molar-refractivity contribution in [1.82, 2.24) is 10.2 Å². The standard InChI is InChI=1S/C17H26N2O/c1-14-15(2)17(20-3)8-7-16(14)6-4-11-19-12-5-9-18-10-13-19/h4,6-8,18H,5,9-13H2,1-3H3/b6-4+. The van der Waals surface area contributed by atoms with Crippen LogP contribution in [0.5, 0.6) is 5.75 Å². The van der Waals surface area contributed by atoms with Crippen LogP contribution >= 0.6 is 0 Å². The molecular weight excluding hydrogens is 248 g/mol. The number of hydrogen-bond acceptors (Lipinski definition) is 3. The first kappa shape index (κ1) is 15.1. The summed E-state index contributed by atoms with van der Waals surface area (Å²) in [5.74, 6) is 0.971. The van der Waals surface area contributed by atoms with Gasteiger partial charge in [0.1, 0.15) is 5.75 Å². The van der Waals surface area contributed by atoms with Gasteiger partial charge >= 0.3 is 0 Å². The highest BCUT2D eigenvalue weighted by Gasteiger charge is 2.07. The third kappa shape index (κ3) is 3.84.